The maximum atomic E-state index is 13.6. The van der Waals surface area contributed by atoms with Crippen molar-refractivity contribution in [3.63, 3.8) is 0 Å². The van der Waals surface area contributed by atoms with Gasteiger partial charge in [-0.15, -0.1) is 11.3 Å². The first-order chi connectivity index (χ1) is 19.3. The van der Waals surface area contributed by atoms with Crippen LogP contribution >= 0.6 is 11.3 Å². The number of thiazole rings is 1. The number of likely N-dealkylation sites (tertiary alicyclic amines) is 1. The minimum absolute atomic E-state index is 0.0249. The number of Topliss-reactive ketones (excluding diaryl/α,β-unsaturated/α-hetero) is 1. The summed E-state index contributed by atoms with van der Waals surface area (Å²) < 4.78 is 8.04. The lowest BCUT2D eigenvalue weighted by molar-refractivity contribution is -0.0134. The van der Waals surface area contributed by atoms with Crippen LogP contribution in [-0.2, 0) is 36.6 Å². The molecule has 3 aromatic rings. The van der Waals surface area contributed by atoms with Gasteiger partial charge in [0.25, 0.3) is 0 Å². The Morgan fingerprint density at radius 2 is 1.88 bits per heavy atom. The van der Waals surface area contributed by atoms with Gasteiger partial charge in [-0.2, -0.15) is 5.10 Å². The third kappa shape index (κ3) is 5.58. The predicted octanol–water partition coefficient (Wildman–Crippen LogP) is 4.88. The largest absolute Gasteiger partial charge is 0.372 e. The van der Waals surface area contributed by atoms with E-state index in [1.807, 2.05) is 12.4 Å². The van der Waals surface area contributed by atoms with Crippen LogP contribution in [0.5, 0.6) is 0 Å². The molecule has 10 heteroatoms. The fraction of sp³-hybridized carbons (Fsp3) is 0.633. The molecule has 0 unspecified atom stereocenters. The summed E-state index contributed by atoms with van der Waals surface area (Å²) in [6, 6.07) is 0.776. The molecular weight excluding hydrogens is 522 g/mol. The number of nitrogens with two attached hydrogens (primary N) is 1. The molecule has 0 radical (unpaired) electrons. The highest BCUT2D eigenvalue weighted by Crippen LogP contribution is 2.44. The molecule has 3 aliphatic rings. The number of ketones is 1. The second kappa shape index (κ2) is 11.3. The average Bonchev–Trinajstić information content (AvgIpc) is 3.42. The van der Waals surface area contributed by atoms with E-state index in [1.54, 1.807) is 10.9 Å². The van der Waals surface area contributed by atoms with Gasteiger partial charge in [-0.1, -0.05) is 39.5 Å². The number of hydrogen-bond acceptors (Lipinski definition) is 9. The topological polar surface area (TPSA) is 112 Å². The summed E-state index contributed by atoms with van der Waals surface area (Å²) in [4.78, 5) is 29.7. The van der Waals surface area contributed by atoms with Crippen molar-refractivity contribution in [2.75, 3.05) is 18.8 Å². The van der Waals surface area contributed by atoms with Gasteiger partial charge < -0.3 is 15.4 Å². The van der Waals surface area contributed by atoms with E-state index in [2.05, 4.69) is 33.8 Å². The van der Waals surface area contributed by atoms with E-state index in [9.17, 15) is 4.79 Å². The van der Waals surface area contributed by atoms with E-state index in [4.69, 9.17) is 15.5 Å². The number of aromatic nitrogens is 5. The first-order valence-electron chi connectivity index (χ1n) is 14.8. The molecule has 214 valence electrons. The molecule has 6 rings (SSSR count). The summed E-state index contributed by atoms with van der Waals surface area (Å²) >= 11 is 1.52. The van der Waals surface area contributed by atoms with Crippen molar-refractivity contribution >= 4 is 23.1 Å². The Morgan fingerprint density at radius 1 is 1.12 bits per heavy atom. The van der Waals surface area contributed by atoms with Crippen molar-refractivity contribution in [1.29, 1.82) is 0 Å². The number of nitrogens with zero attached hydrogens (tertiary/aromatic N) is 6. The molecule has 1 saturated heterocycles. The van der Waals surface area contributed by atoms with Gasteiger partial charge in [0.2, 0.25) is 5.95 Å². The minimum atomic E-state index is -0.283. The van der Waals surface area contributed by atoms with Gasteiger partial charge in [0, 0.05) is 43.3 Å². The molecule has 0 bridgehead atoms. The summed E-state index contributed by atoms with van der Waals surface area (Å²) in [7, 11) is 1.86. The van der Waals surface area contributed by atoms with Crippen molar-refractivity contribution in [1.82, 2.24) is 29.6 Å². The molecule has 0 spiro atoms. The minimum Gasteiger partial charge on any atom is -0.372 e. The van der Waals surface area contributed by atoms with Crippen molar-refractivity contribution in [2.24, 2.45) is 7.05 Å². The van der Waals surface area contributed by atoms with Gasteiger partial charge in [-0.3, -0.25) is 9.48 Å². The summed E-state index contributed by atoms with van der Waals surface area (Å²) in [5, 5.41) is 7.50. The molecule has 2 fully saturated rings. The second-order valence-electron chi connectivity index (χ2n) is 12.4. The molecule has 0 atom stereocenters. The molecule has 0 aromatic carbocycles. The van der Waals surface area contributed by atoms with Gasteiger partial charge in [-0.25, -0.2) is 15.0 Å². The van der Waals surface area contributed by atoms with E-state index in [0.717, 1.165) is 71.6 Å². The van der Waals surface area contributed by atoms with Crippen molar-refractivity contribution in [3.8, 4) is 11.4 Å². The van der Waals surface area contributed by atoms with Gasteiger partial charge >= 0.3 is 0 Å². The van der Waals surface area contributed by atoms with Crippen LogP contribution in [0.1, 0.15) is 97.5 Å². The second-order valence-corrected chi connectivity index (χ2v) is 13.3. The smallest absolute Gasteiger partial charge is 0.220 e. The highest BCUT2D eigenvalue weighted by molar-refractivity contribution is 7.09. The first kappa shape index (κ1) is 27.5. The third-order valence-corrected chi connectivity index (χ3v) is 9.82. The van der Waals surface area contributed by atoms with Crippen LogP contribution in [-0.4, -0.2) is 60.7 Å². The number of nitrogen functional groups attached to an aromatic ring is 1. The van der Waals surface area contributed by atoms with Crippen LogP contribution in [0, 0.1) is 0 Å². The van der Waals surface area contributed by atoms with Gasteiger partial charge in [0.1, 0.15) is 10.7 Å². The van der Waals surface area contributed by atoms with Crippen molar-refractivity contribution in [3.05, 3.63) is 39.1 Å². The average molecular weight is 564 g/mol. The number of piperidine rings is 1. The van der Waals surface area contributed by atoms with E-state index in [0.29, 0.717) is 12.3 Å². The monoisotopic (exact) mass is 563 g/mol. The molecule has 1 aliphatic heterocycles. The lowest BCUT2D eigenvalue weighted by atomic mass is 9.72. The SMILES string of the molecule is Cn1nc(C(=O)Cc2nc(COC3CCN(C4CCCCCC4)CC3)cs2)c2c1-c1nc(N)ncc1CC2(C)C. The quantitative estimate of drug-likeness (QED) is 0.320. The van der Waals surface area contributed by atoms with Crippen LogP contribution in [0.3, 0.4) is 0 Å². The van der Waals surface area contributed by atoms with Gasteiger partial charge in [-0.05, 0) is 43.1 Å². The molecule has 4 heterocycles. The highest BCUT2D eigenvalue weighted by atomic mass is 32.1. The van der Waals surface area contributed by atoms with Crippen LogP contribution in [0.15, 0.2) is 11.6 Å². The number of ether oxygens (including phenoxy) is 1. The molecule has 3 aromatic heterocycles. The molecule has 0 amide bonds. The maximum absolute atomic E-state index is 13.6. The predicted molar refractivity (Wildman–Crippen MR) is 156 cm³/mol. The molecule has 2 N–H and O–H groups in total. The lowest BCUT2D eigenvalue weighted by Crippen LogP contribution is -2.43. The van der Waals surface area contributed by atoms with Crippen LogP contribution in [0.2, 0.25) is 0 Å². The number of carbonyl (C=O) groups excluding carboxylic acids is 1. The molecule has 9 nitrogen and oxygen atoms in total. The normalized spacial score (nSPS) is 20.2. The van der Waals surface area contributed by atoms with Crippen LogP contribution < -0.4 is 5.73 Å². The maximum Gasteiger partial charge on any atom is 0.220 e. The lowest BCUT2D eigenvalue weighted by Gasteiger charge is -2.37. The third-order valence-electron chi connectivity index (χ3n) is 8.92. The van der Waals surface area contributed by atoms with E-state index in [1.165, 1.54) is 49.9 Å². The summed E-state index contributed by atoms with van der Waals surface area (Å²) in [6.07, 6.45) is 13.5. The zero-order valence-corrected chi connectivity index (χ0v) is 24.8. The Balaban J connectivity index is 1.07. The number of hydrogen-bond donors (Lipinski definition) is 1. The molecule has 2 aliphatic carbocycles. The van der Waals surface area contributed by atoms with Crippen LogP contribution in [0.4, 0.5) is 5.95 Å². The zero-order chi connectivity index (χ0) is 27.9. The summed E-state index contributed by atoms with van der Waals surface area (Å²) in [5.74, 6) is 0.198. The fourth-order valence-electron chi connectivity index (χ4n) is 6.90. The number of anilines is 1. The molecule has 1 saturated carbocycles. The van der Waals surface area contributed by atoms with E-state index < -0.39 is 0 Å². The Labute approximate surface area is 240 Å². The summed E-state index contributed by atoms with van der Waals surface area (Å²) in [6.45, 7) is 7.07. The van der Waals surface area contributed by atoms with Crippen LogP contribution in [0.25, 0.3) is 11.4 Å². The van der Waals surface area contributed by atoms with Gasteiger partial charge in [0.05, 0.1) is 36.2 Å². The summed E-state index contributed by atoms with van der Waals surface area (Å²) in [5.41, 5.74) is 10.6. The van der Waals surface area contributed by atoms with E-state index in [-0.39, 0.29) is 29.7 Å². The Kier molecular flexibility index (Phi) is 7.76. The Morgan fingerprint density at radius 3 is 2.62 bits per heavy atom. The Bertz CT molecular complexity index is 1360. The fourth-order valence-corrected chi connectivity index (χ4v) is 7.68. The number of aryl methyl sites for hydroxylation is 1. The highest BCUT2D eigenvalue weighted by Gasteiger charge is 2.39. The molecular formula is C30H41N7O2S. The number of fused-ring (bicyclic) bond motifs is 3. The zero-order valence-electron chi connectivity index (χ0n) is 24.0. The number of rotatable bonds is 7. The van der Waals surface area contributed by atoms with E-state index >= 15 is 0 Å². The Hall–Kier alpha value is -2.69. The first-order valence-corrected chi connectivity index (χ1v) is 15.7. The van der Waals surface area contributed by atoms with Crippen molar-refractivity contribution in [2.45, 2.75) is 102 Å². The van der Waals surface area contributed by atoms with Gasteiger partial charge in [0.15, 0.2) is 5.78 Å². The molecule has 40 heavy (non-hydrogen) atoms. The van der Waals surface area contributed by atoms with Crippen molar-refractivity contribution < 1.29 is 9.53 Å². The number of carbonyl (C=O) groups is 1. The standard InChI is InChI=1S/C30H41N7O2S/c1-30(2)15-19-16-32-29(31)34-26(19)28-25(30)27(35-36(28)3)23(38)14-24-33-20(18-40-24)17-39-22-10-12-37(13-11-22)21-8-6-4-5-7-9-21/h16,18,21-22H,4-15,17H2,1-3H3,(H2,31,32,34).